The van der Waals surface area contributed by atoms with Gasteiger partial charge >= 0.3 is 0 Å². The number of benzene rings is 1. The molecule has 1 aromatic carbocycles. The normalized spacial score (nSPS) is 19.5. The maximum absolute atomic E-state index is 12.7. The van der Waals surface area contributed by atoms with Crippen LogP contribution in [0.5, 0.6) is 0 Å². The molecule has 1 aliphatic carbocycles. The minimum absolute atomic E-state index is 0.0677. The van der Waals surface area contributed by atoms with Gasteiger partial charge in [-0.3, -0.25) is 10.1 Å². The maximum atomic E-state index is 12.7. The number of carbonyl (C=O) groups is 1. The van der Waals surface area contributed by atoms with Gasteiger partial charge in [-0.2, -0.15) is 0 Å². The summed E-state index contributed by atoms with van der Waals surface area (Å²) in [5, 5.41) is 3.40. The van der Waals surface area contributed by atoms with Crippen molar-refractivity contribution in [3.05, 3.63) is 40.4 Å². The molecule has 9 heteroatoms. The van der Waals surface area contributed by atoms with Crippen molar-refractivity contribution in [3.63, 3.8) is 0 Å². The van der Waals surface area contributed by atoms with E-state index >= 15 is 0 Å². The number of aromatic nitrogens is 1. The number of hydrogen-bond acceptors (Lipinski definition) is 6. The van der Waals surface area contributed by atoms with Gasteiger partial charge in [0.2, 0.25) is 10.0 Å². The second-order valence-corrected chi connectivity index (χ2v) is 10.3. The molecular formula is C20H25N3O4S2. The average molecular weight is 436 g/mol. The lowest BCUT2D eigenvalue weighted by Crippen LogP contribution is -2.32. The molecule has 29 heavy (non-hydrogen) atoms. The lowest BCUT2D eigenvalue weighted by Gasteiger charge is -2.12. The highest BCUT2D eigenvalue weighted by molar-refractivity contribution is 7.89. The molecule has 2 heterocycles. The lowest BCUT2D eigenvalue weighted by molar-refractivity contribution is 0.102. The Morgan fingerprint density at radius 3 is 2.90 bits per heavy atom. The van der Waals surface area contributed by atoms with E-state index < -0.39 is 10.0 Å². The summed E-state index contributed by atoms with van der Waals surface area (Å²) in [6, 6.07) is 6.06. The van der Waals surface area contributed by atoms with E-state index in [-0.39, 0.29) is 29.0 Å². The number of nitrogens with zero attached hydrogens (tertiary/aromatic N) is 1. The van der Waals surface area contributed by atoms with Gasteiger partial charge in [0.15, 0.2) is 5.13 Å². The molecule has 0 spiro atoms. The smallest absolute Gasteiger partial charge is 0.257 e. The second-order valence-electron chi connectivity index (χ2n) is 7.42. The number of nitrogens with one attached hydrogen (secondary N) is 2. The quantitative estimate of drug-likeness (QED) is 0.680. The Hall–Kier alpha value is -1.81. The fourth-order valence-electron chi connectivity index (χ4n) is 3.65. The summed E-state index contributed by atoms with van der Waals surface area (Å²) in [5.41, 5.74) is 1.37. The molecule has 156 valence electrons. The third-order valence-corrected chi connectivity index (χ3v) is 7.74. The summed E-state index contributed by atoms with van der Waals surface area (Å²) in [6.07, 6.45) is 7.16. The van der Waals surface area contributed by atoms with Crippen LogP contribution in [0.1, 0.15) is 53.0 Å². The van der Waals surface area contributed by atoms with Crippen molar-refractivity contribution in [2.24, 2.45) is 0 Å². The van der Waals surface area contributed by atoms with Gasteiger partial charge in [0.1, 0.15) is 0 Å². The van der Waals surface area contributed by atoms with Crippen molar-refractivity contribution in [3.8, 4) is 0 Å². The number of rotatable bonds is 6. The molecule has 0 radical (unpaired) electrons. The predicted molar refractivity (Wildman–Crippen MR) is 112 cm³/mol. The molecule has 2 N–H and O–H groups in total. The molecule has 0 saturated carbocycles. The van der Waals surface area contributed by atoms with Gasteiger partial charge in [-0.15, -0.1) is 11.3 Å². The molecule has 1 amide bonds. The van der Waals surface area contributed by atoms with Gasteiger partial charge < -0.3 is 4.74 Å². The summed E-state index contributed by atoms with van der Waals surface area (Å²) in [7, 11) is -3.71. The second kappa shape index (κ2) is 8.91. The number of ether oxygens (including phenoxy) is 1. The Balaban J connectivity index is 1.44. The van der Waals surface area contributed by atoms with Crippen LogP contribution < -0.4 is 10.0 Å². The molecule has 4 rings (SSSR count). The summed E-state index contributed by atoms with van der Waals surface area (Å²) in [6.45, 7) is 0.908. The van der Waals surface area contributed by atoms with Crippen molar-refractivity contribution in [2.45, 2.75) is 55.9 Å². The highest BCUT2D eigenvalue weighted by Gasteiger charge is 2.22. The Labute approximate surface area is 174 Å². The van der Waals surface area contributed by atoms with Gasteiger partial charge in [0.05, 0.1) is 16.7 Å². The largest absolute Gasteiger partial charge is 0.377 e. The first-order chi connectivity index (χ1) is 14.0. The van der Waals surface area contributed by atoms with E-state index in [9.17, 15) is 13.2 Å². The Morgan fingerprint density at radius 1 is 1.21 bits per heavy atom. The number of sulfonamides is 1. The summed E-state index contributed by atoms with van der Waals surface area (Å²) in [4.78, 5) is 18.5. The van der Waals surface area contributed by atoms with E-state index in [2.05, 4.69) is 15.0 Å². The Bertz CT molecular complexity index is 958. The van der Waals surface area contributed by atoms with Crippen LogP contribution >= 0.6 is 11.3 Å². The maximum Gasteiger partial charge on any atom is 0.257 e. The van der Waals surface area contributed by atoms with Crippen LogP contribution in [0, 0.1) is 0 Å². The highest BCUT2D eigenvalue weighted by Crippen LogP contribution is 2.29. The number of carbonyl (C=O) groups excluding carboxylic acids is 1. The van der Waals surface area contributed by atoms with Crippen molar-refractivity contribution in [2.75, 3.05) is 18.5 Å². The minimum Gasteiger partial charge on any atom is -0.377 e. The lowest BCUT2D eigenvalue weighted by atomic mass is 10.2. The van der Waals surface area contributed by atoms with E-state index in [1.807, 2.05) is 0 Å². The molecule has 0 bridgehead atoms. The zero-order chi connectivity index (χ0) is 20.3. The van der Waals surface area contributed by atoms with Crippen LogP contribution in [0.15, 0.2) is 29.2 Å². The highest BCUT2D eigenvalue weighted by atomic mass is 32.2. The standard InChI is InChI=1S/C20H25N3O4S2/c24-19(23-20-22-17-9-2-1-3-10-18(17)28-20)14-6-4-8-16(12-14)29(25,26)21-13-15-7-5-11-27-15/h4,6,8,12,15,21H,1-3,5,7,9-11,13H2,(H,22,23,24)/t15-/m1/s1. The average Bonchev–Trinajstić information content (AvgIpc) is 3.32. The van der Waals surface area contributed by atoms with Crippen molar-refractivity contribution in [1.82, 2.24) is 9.71 Å². The number of amides is 1. The van der Waals surface area contributed by atoms with Gasteiger partial charge in [0, 0.05) is 23.6 Å². The van der Waals surface area contributed by atoms with E-state index in [1.165, 1.54) is 34.8 Å². The third-order valence-electron chi connectivity index (χ3n) is 5.25. The van der Waals surface area contributed by atoms with E-state index in [1.54, 1.807) is 12.1 Å². The Morgan fingerprint density at radius 2 is 2.07 bits per heavy atom. The molecule has 1 atom stereocenters. The molecule has 1 aliphatic heterocycles. The van der Waals surface area contributed by atoms with Crippen molar-refractivity contribution >= 4 is 32.4 Å². The molecule has 1 saturated heterocycles. The molecule has 0 unspecified atom stereocenters. The number of fused-ring (bicyclic) bond motifs is 1. The molecule has 1 fully saturated rings. The first-order valence-corrected chi connectivity index (χ1v) is 12.3. The molecule has 2 aliphatic rings. The van der Waals surface area contributed by atoms with Crippen LogP contribution in [-0.2, 0) is 27.6 Å². The molecular weight excluding hydrogens is 410 g/mol. The SMILES string of the molecule is O=C(Nc1nc2c(s1)CCCCC2)c1cccc(S(=O)(=O)NC[C@H]2CCCO2)c1. The van der Waals surface area contributed by atoms with Crippen LogP contribution in [0.3, 0.4) is 0 Å². The minimum atomic E-state index is -3.71. The summed E-state index contributed by atoms with van der Waals surface area (Å²) in [5.74, 6) is -0.356. The van der Waals surface area contributed by atoms with Gasteiger partial charge in [-0.25, -0.2) is 18.1 Å². The van der Waals surface area contributed by atoms with E-state index in [4.69, 9.17) is 4.74 Å². The molecule has 2 aromatic rings. The van der Waals surface area contributed by atoms with Crippen LogP contribution in [0.4, 0.5) is 5.13 Å². The molecule has 7 nitrogen and oxygen atoms in total. The number of anilines is 1. The van der Waals surface area contributed by atoms with Crippen LogP contribution in [0.2, 0.25) is 0 Å². The van der Waals surface area contributed by atoms with Crippen LogP contribution in [0.25, 0.3) is 0 Å². The van der Waals surface area contributed by atoms with E-state index in [0.29, 0.717) is 11.7 Å². The van der Waals surface area contributed by atoms with E-state index in [0.717, 1.165) is 44.2 Å². The zero-order valence-electron chi connectivity index (χ0n) is 16.1. The topological polar surface area (TPSA) is 97.4 Å². The fraction of sp³-hybridized carbons (Fsp3) is 0.500. The van der Waals surface area contributed by atoms with Gasteiger partial charge in [-0.05, 0) is 56.7 Å². The fourth-order valence-corrected chi connectivity index (χ4v) is 5.80. The third kappa shape index (κ3) is 5.03. The molecule has 1 aromatic heterocycles. The van der Waals surface area contributed by atoms with Crippen LogP contribution in [-0.4, -0.2) is 38.6 Å². The predicted octanol–water partition coefficient (Wildman–Crippen LogP) is 3.12. The van der Waals surface area contributed by atoms with Gasteiger partial charge in [-0.1, -0.05) is 12.5 Å². The van der Waals surface area contributed by atoms with Crippen molar-refractivity contribution < 1.29 is 17.9 Å². The monoisotopic (exact) mass is 435 g/mol. The van der Waals surface area contributed by atoms with Crippen molar-refractivity contribution in [1.29, 1.82) is 0 Å². The number of thiazole rings is 1. The number of aryl methyl sites for hydroxylation is 2. The first-order valence-electron chi connectivity index (χ1n) is 10.0. The first kappa shape index (κ1) is 20.5. The number of hydrogen-bond donors (Lipinski definition) is 2. The summed E-state index contributed by atoms with van der Waals surface area (Å²) >= 11 is 1.52. The zero-order valence-corrected chi connectivity index (χ0v) is 17.8. The van der Waals surface area contributed by atoms with Gasteiger partial charge in [0.25, 0.3) is 5.91 Å². The summed E-state index contributed by atoms with van der Waals surface area (Å²) < 4.78 is 33.2. The Kier molecular flexibility index (Phi) is 6.29.